The molecule has 3 rings (SSSR count). The van der Waals surface area contributed by atoms with E-state index in [-0.39, 0.29) is 0 Å². The molecule has 0 aliphatic rings. The number of benzene rings is 1. The minimum atomic E-state index is 0.605. The summed E-state index contributed by atoms with van der Waals surface area (Å²) in [5.41, 5.74) is 1.94. The second-order valence-corrected chi connectivity index (χ2v) is 4.92. The van der Waals surface area contributed by atoms with Crippen LogP contribution in [0.15, 0.2) is 36.8 Å². The van der Waals surface area contributed by atoms with Crippen LogP contribution >= 0.6 is 0 Å². The van der Waals surface area contributed by atoms with Crippen LogP contribution in [-0.4, -0.2) is 28.8 Å². The van der Waals surface area contributed by atoms with Crippen molar-refractivity contribution in [1.82, 2.24) is 14.5 Å². The summed E-state index contributed by atoms with van der Waals surface area (Å²) in [5, 5.41) is 4.34. The zero-order valence-corrected chi connectivity index (χ0v) is 12.8. The van der Waals surface area contributed by atoms with Gasteiger partial charge < -0.3 is 19.4 Å². The molecular weight excluding hydrogens is 280 g/mol. The highest BCUT2D eigenvalue weighted by atomic mass is 16.5. The van der Waals surface area contributed by atoms with Gasteiger partial charge >= 0.3 is 0 Å². The molecule has 0 saturated carbocycles. The summed E-state index contributed by atoms with van der Waals surface area (Å²) in [6, 6.07) is 7.77. The molecule has 0 radical (unpaired) electrons. The maximum atomic E-state index is 5.41. The number of hydrogen-bond acceptors (Lipinski definition) is 5. The number of rotatable bonds is 5. The van der Waals surface area contributed by atoms with Crippen LogP contribution in [0.25, 0.3) is 11.0 Å². The Kier molecular flexibility index (Phi) is 3.82. The lowest BCUT2D eigenvalue weighted by atomic mass is 10.2. The molecule has 2 aromatic heterocycles. The zero-order chi connectivity index (χ0) is 15.5. The van der Waals surface area contributed by atoms with E-state index in [0.29, 0.717) is 6.54 Å². The molecule has 3 aromatic rings. The summed E-state index contributed by atoms with van der Waals surface area (Å²) >= 11 is 0. The summed E-state index contributed by atoms with van der Waals surface area (Å²) in [7, 11) is 5.25. The van der Waals surface area contributed by atoms with Gasteiger partial charge in [0.25, 0.3) is 0 Å². The lowest BCUT2D eigenvalue weighted by Crippen LogP contribution is -2.04. The number of nitrogens with one attached hydrogen (secondary N) is 1. The maximum Gasteiger partial charge on any atom is 0.145 e. The van der Waals surface area contributed by atoms with Crippen molar-refractivity contribution >= 4 is 16.9 Å². The summed E-state index contributed by atoms with van der Waals surface area (Å²) in [6.45, 7) is 0.605. The second-order valence-electron chi connectivity index (χ2n) is 4.92. The Hall–Kier alpha value is -2.76. The third kappa shape index (κ3) is 2.55. The van der Waals surface area contributed by atoms with Crippen LogP contribution in [0.5, 0.6) is 11.5 Å². The minimum absolute atomic E-state index is 0.605. The fraction of sp³-hybridized carbons (Fsp3) is 0.250. The average Bonchev–Trinajstić information content (AvgIpc) is 2.94. The lowest BCUT2D eigenvalue weighted by molar-refractivity contribution is 0.391. The van der Waals surface area contributed by atoms with Gasteiger partial charge in [0.2, 0.25) is 0 Å². The van der Waals surface area contributed by atoms with Crippen molar-refractivity contribution in [3.63, 3.8) is 0 Å². The number of ether oxygens (including phenoxy) is 2. The van der Waals surface area contributed by atoms with Crippen LogP contribution < -0.4 is 14.8 Å². The second kappa shape index (κ2) is 5.93. The fourth-order valence-electron chi connectivity index (χ4n) is 2.40. The molecule has 0 unspecified atom stereocenters. The molecule has 0 spiro atoms. The number of anilines is 1. The molecule has 22 heavy (non-hydrogen) atoms. The van der Waals surface area contributed by atoms with Crippen molar-refractivity contribution in [2.24, 2.45) is 7.05 Å². The lowest BCUT2D eigenvalue weighted by Gasteiger charge is -2.12. The van der Waals surface area contributed by atoms with Crippen LogP contribution in [0.1, 0.15) is 5.56 Å². The van der Waals surface area contributed by atoms with E-state index in [1.54, 1.807) is 20.5 Å². The smallest absolute Gasteiger partial charge is 0.145 e. The van der Waals surface area contributed by atoms with Gasteiger partial charge in [-0.2, -0.15) is 0 Å². The van der Waals surface area contributed by atoms with Crippen molar-refractivity contribution in [3.05, 3.63) is 42.4 Å². The van der Waals surface area contributed by atoms with Crippen LogP contribution in [-0.2, 0) is 13.6 Å². The Morgan fingerprint density at radius 3 is 2.77 bits per heavy atom. The Balaban J connectivity index is 1.85. The van der Waals surface area contributed by atoms with Gasteiger partial charge in [-0.25, -0.2) is 9.97 Å². The van der Waals surface area contributed by atoms with Crippen LogP contribution in [0.3, 0.4) is 0 Å². The number of aromatic nitrogens is 3. The first-order valence-corrected chi connectivity index (χ1v) is 6.93. The molecule has 6 heteroatoms. The van der Waals surface area contributed by atoms with E-state index in [1.165, 1.54) is 0 Å². The van der Waals surface area contributed by atoms with Gasteiger partial charge in [0.1, 0.15) is 29.3 Å². The van der Waals surface area contributed by atoms with Crippen molar-refractivity contribution in [2.75, 3.05) is 19.5 Å². The first-order valence-electron chi connectivity index (χ1n) is 6.93. The maximum absolute atomic E-state index is 5.41. The van der Waals surface area contributed by atoms with Crippen molar-refractivity contribution in [1.29, 1.82) is 0 Å². The van der Waals surface area contributed by atoms with Crippen LogP contribution in [0.2, 0.25) is 0 Å². The topological polar surface area (TPSA) is 61.2 Å². The predicted molar refractivity (Wildman–Crippen MR) is 85.4 cm³/mol. The molecule has 6 nitrogen and oxygen atoms in total. The zero-order valence-electron chi connectivity index (χ0n) is 12.8. The molecule has 0 atom stereocenters. The van der Waals surface area contributed by atoms with E-state index < -0.39 is 0 Å². The number of nitrogens with zero attached hydrogens (tertiary/aromatic N) is 3. The van der Waals surface area contributed by atoms with Crippen molar-refractivity contribution < 1.29 is 9.47 Å². The molecule has 0 aliphatic heterocycles. The number of aryl methyl sites for hydroxylation is 1. The minimum Gasteiger partial charge on any atom is -0.497 e. The van der Waals surface area contributed by atoms with Crippen LogP contribution in [0, 0.1) is 0 Å². The third-order valence-electron chi connectivity index (χ3n) is 3.60. The molecule has 0 fully saturated rings. The SMILES string of the molecule is COc1ccc(CNc2ncnc3c2ccn3C)c(OC)c1. The van der Waals surface area contributed by atoms with Crippen molar-refractivity contribution in [3.8, 4) is 11.5 Å². The fourth-order valence-corrected chi connectivity index (χ4v) is 2.40. The largest absolute Gasteiger partial charge is 0.497 e. The quantitative estimate of drug-likeness (QED) is 0.784. The van der Waals surface area contributed by atoms with E-state index in [9.17, 15) is 0 Å². The van der Waals surface area contributed by atoms with Gasteiger partial charge in [0, 0.05) is 31.4 Å². The summed E-state index contributed by atoms with van der Waals surface area (Å²) < 4.78 is 12.6. The Labute approximate surface area is 128 Å². The van der Waals surface area contributed by atoms with Gasteiger partial charge in [-0.1, -0.05) is 0 Å². The molecular formula is C16H18N4O2. The average molecular weight is 298 g/mol. The van der Waals surface area contributed by atoms with Gasteiger partial charge in [-0.3, -0.25) is 0 Å². The normalized spacial score (nSPS) is 10.7. The molecule has 0 aliphatic carbocycles. The molecule has 0 bridgehead atoms. The molecule has 0 amide bonds. The van der Waals surface area contributed by atoms with Crippen molar-refractivity contribution in [2.45, 2.75) is 6.54 Å². The molecule has 2 heterocycles. The van der Waals surface area contributed by atoms with Crippen LogP contribution in [0.4, 0.5) is 5.82 Å². The van der Waals surface area contributed by atoms with E-state index >= 15 is 0 Å². The number of methoxy groups -OCH3 is 2. The van der Waals surface area contributed by atoms with Gasteiger partial charge in [-0.05, 0) is 18.2 Å². The third-order valence-corrected chi connectivity index (χ3v) is 3.60. The van der Waals surface area contributed by atoms with E-state index in [0.717, 1.165) is 33.9 Å². The van der Waals surface area contributed by atoms with E-state index in [2.05, 4.69) is 15.3 Å². The monoisotopic (exact) mass is 298 g/mol. The first kappa shape index (κ1) is 14.2. The highest BCUT2D eigenvalue weighted by molar-refractivity contribution is 5.87. The number of fused-ring (bicyclic) bond motifs is 1. The Morgan fingerprint density at radius 1 is 1.14 bits per heavy atom. The Morgan fingerprint density at radius 2 is 2.00 bits per heavy atom. The first-order chi connectivity index (χ1) is 10.7. The summed E-state index contributed by atoms with van der Waals surface area (Å²) in [4.78, 5) is 8.61. The van der Waals surface area contributed by atoms with Gasteiger partial charge in [-0.15, -0.1) is 0 Å². The standard InChI is InChI=1S/C16H18N4O2/c1-20-7-6-13-15(18-10-19-16(13)20)17-9-11-4-5-12(21-2)8-14(11)22-3/h4-8,10H,9H2,1-3H3,(H,17,18,19). The van der Waals surface area contributed by atoms with E-state index in [1.807, 2.05) is 42.1 Å². The van der Waals surface area contributed by atoms with E-state index in [4.69, 9.17) is 9.47 Å². The molecule has 0 saturated heterocycles. The predicted octanol–water partition coefficient (Wildman–Crippen LogP) is 2.60. The highest BCUT2D eigenvalue weighted by Gasteiger charge is 2.09. The molecule has 1 N–H and O–H groups in total. The molecule has 114 valence electrons. The summed E-state index contributed by atoms with van der Waals surface area (Å²) in [6.07, 6.45) is 3.54. The highest BCUT2D eigenvalue weighted by Crippen LogP contribution is 2.26. The summed E-state index contributed by atoms with van der Waals surface area (Å²) in [5.74, 6) is 2.36. The van der Waals surface area contributed by atoms with Gasteiger partial charge in [0.05, 0.1) is 19.6 Å². The number of hydrogen-bond donors (Lipinski definition) is 1. The van der Waals surface area contributed by atoms with Gasteiger partial charge in [0.15, 0.2) is 0 Å². The Bertz CT molecular complexity index is 798. The molecule has 1 aromatic carbocycles.